The van der Waals surface area contributed by atoms with Gasteiger partial charge in [0.05, 0.1) is 35.4 Å². The number of likely N-dealkylation sites (tertiary alicyclic amines) is 1. The second kappa shape index (κ2) is 8.70. The highest BCUT2D eigenvalue weighted by atomic mass is 32.1. The third-order valence-electron chi connectivity index (χ3n) is 7.27. The lowest BCUT2D eigenvalue weighted by Gasteiger charge is -2.24. The zero-order chi connectivity index (χ0) is 25.0. The van der Waals surface area contributed by atoms with Gasteiger partial charge in [0.15, 0.2) is 5.82 Å². The number of nitrogens with two attached hydrogens (primary N) is 1. The van der Waals surface area contributed by atoms with Crippen LogP contribution in [0, 0.1) is 28.9 Å². The molecule has 1 aromatic carbocycles. The van der Waals surface area contributed by atoms with E-state index in [0.717, 1.165) is 41.9 Å². The average molecular weight is 494 g/mol. The van der Waals surface area contributed by atoms with Crippen molar-refractivity contribution in [2.75, 3.05) is 12.3 Å². The first kappa shape index (κ1) is 23.4. The van der Waals surface area contributed by atoms with Crippen molar-refractivity contribution in [3.8, 4) is 17.3 Å². The lowest BCUT2D eigenvalue weighted by molar-refractivity contribution is 0.134. The van der Waals surface area contributed by atoms with Gasteiger partial charge < -0.3 is 15.4 Å². The monoisotopic (exact) mass is 493 g/mol. The summed E-state index contributed by atoms with van der Waals surface area (Å²) in [5.41, 5.74) is 7.77. The van der Waals surface area contributed by atoms with E-state index < -0.39 is 11.6 Å². The molecule has 2 aliphatic heterocycles. The van der Waals surface area contributed by atoms with Crippen LogP contribution in [0.1, 0.15) is 43.9 Å². The van der Waals surface area contributed by atoms with Gasteiger partial charge in [-0.3, -0.25) is 4.98 Å². The van der Waals surface area contributed by atoms with Gasteiger partial charge in [0.25, 0.3) is 0 Å². The van der Waals surface area contributed by atoms with E-state index in [1.54, 1.807) is 6.20 Å². The first-order valence-corrected chi connectivity index (χ1v) is 12.2. The summed E-state index contributed by atoms with van der Waals surface area (Å²) in [7, 11) is 0. The predicted molar refractivity (Wildman–Crippen MR) is 135 cm³/mol. The van der Waals surface area contributed by atoms with Crippen molar-refractivity contribution in [3.63, 3.8) is 0 Å². The average Bonchev–Trinajstić information content (AvgIpc) is 3.53. The fraction of sp³-hybridized carbons (Fsp3) is 0.346. The third kappa shape index (κ3) is 3.60. The Morgan fingerprint density at radius 3 is 2.80 bits per heavy atom. The van der Waals surface area contributed by atoms with E-state index in [1.165, 1.54) is 0 Å². The number of hydrogen-bond acceptors (Lipinski definition) is 6. The molecule has 2 aromatic heterocycles. The minimum atomic E-state index is -0.606. The number of amidine groups is 1. The molecule has 0 aliphatic carbocycles. The molecule has 3 aromatic rings. The molecule has 0 amide bonds. The van der Waals surface area contributed by atoms with E-state index in [-0.39, 0.29) is 50.3 Å². The van der Waals surface area contributed by atoms with Crippen LogP contribution in [0.25, 0.3) is 34.1 Å². The molecule has 2 unspecified atom stereocenters. The van der Waals surface area contributed by atoms with Crippen LogP contribution in [-0.2, 0) is 18.0 Å². The maximum absolute atomic E-state index is 16.0. The highest BCUT2D eigenvalue weighted by Crippen LogP contribution is 2.41. The van der Waals surface area contributed by atoms with Crippen LogP contribution in [0.3, 0.4) is 0 Å². The van der Waals surface area contributed by atoms with E-state index in [0.29, 0.717) is 22.7 Å². The summed E-state index contributed by atoms with van der Waals surface area (Å²) in [5, 5.41) is 10.8. The standard InChI is InChI=1S/C26H25F2N5OS/c1-12-5-6-33(14(12)3)15(4)31-8-17-13(2)23(28)21(19-11-34-10-18(17)19)24-22-16(7-29)26(30)35-25(22)20(27)9-32-24/h8-9,12,14H,2,5-6,10-11,30H2,1,3-4H3/b17-8+,31-15?. The van der Waals surface area contributed by atoms with Crippen molar-refractivity contribution in [1.82, 2.24) is 9.88 Å². The molecule has 2 aliphatic rings. The number of pyridine rings is 1. The van der Waals surface area contributed by atoms with Gasteiger partial charge in [0, 0.05) is 40.2 Å². The number of nitrogen functional groups attached to an aromatic ring is 1. The smallest absolute Gasteiger partial charge is 0.159 e. The summed E-state index contributed by atoms with van der Waals surface area (Å²) in [6.45, 7) is 11.7. The van der Waals surface area contributed by atoms with Gasteiger partial charge in [-0.2, -0.15) is 5.26 Å². The number of nitriles is 1. The maximum atomic E-state index is 16.0. The van der Waals surface area contributed by atoms with Crippen molar-refractivity contribution >= 4 is 45.0 Å². The molecule has 2 N–H and O–H groups in total. The van der Waals surface area contributed by atoms with Crippen molar-refractivity contribution in [2.24, 2.45) is 10.9 Å². The molecular formula is C26H25F2N5OS. The van der Waals surface area contributed by atoms with Crippen molar-refractivity contribution < 1.29 is 13.5 Å². The maximum Gasteiger partial charge on any atom is 0.159 e. The second-order valence-electron chi connectivity index (χ2n) is 9.15. The molecule has 180 valence electrons. The number of ether oxygens (including phenoxy) is 1. The number of thiophene rings is 1. The fourth-order valence-corrected chi connectivity index (χ4v) is 5.97. The summed E-state index contributed by atoms with van der Waals surface area (Å²) in [5.74, 6) is 0.256. The number of rotatable bonds is 2. The van der Waals surface area contributed by atoms with Crippen molar-refractivity contribution in [3.05, 3.63) is 45.0 Å². The highest BCUT2D eigenvalue weighted by molar-refractivity contribution is 7.23. The van der Waals surface area contributed by atoms with Crippen LogP contribution in [0.2, 0.25) is 0 Å². The van der Waals surface area contributed by atoms with Crippen LogP contribution in [-0.4, -0.2) is 28.3 Å². The van der Waals surface area contributed by atoms with Gasteiger partial charge in [-0.05, 0) is 37.3 Å². The predicted octanol–water partition coefficient (Wildman–Crippen LogP) is 4.02. The van der Waals surface area contributed by atoms with E-state index >= 15 is 4.39 Å². The second-order valence-corrected chi connectivity index (χ2v) is 10.2. The Kier molecular flexibility index (Phi) is 5.82. The molecule has 0 bridgehead atoms. The van der Waals surface area contributed by atoms with E-state index in [2.05, 4.69) is 35.3 Å². The lowest BCUT2D eigenvalue weighted by Crippen LogP contribution is -2.34. The molecule has 35 heavy (non-hydrogen) atoms. The molecule has 0 radical (unpaired) electrons. The van der Waals surface area contributed by atoms with E-state index in [4.69, 9.17) is 10.5 Å². The number of hydrogen-bond donors (Lipinski definition) is 1. The Labute approximate surface area is 205 Å². The number of anilines is 1. The number of fused-ring (bicyclic) bond motifs is 2. The summed E-state index contributed by atoms with van der Waals surface area (Å²) in [4.78, 5) is 11.1. The van der Waals surface area contributed by atoms with Gasteiger partial charge >= 0.3 is 0 Å². The van der Waals surface area contributed by atoms with Gasteiger partial charge in [-0.1, -0.05) is 13.5 Å². The number of aromatic nitrogens is 1. The van der Waals surface area contributed by atoms with Crippen LogP contribution in [0.15, 0.2) is 11.2 Å². The first-order chi connectivity index (χ1) is 16.7. The van der Waals surface area contributed by atoms with Gasteiger partial charge in [-0.25, -0.2) is 13.8 Å². The van der Waals surface area contributed by atoms with Gasteiger partial charge in [0.2, 0.25) is 0 Å². The third-order valence-corrected chi connectivity index (χ3v) is 8.30. The number of halogens is 2. The Bertz CT molecular complexity index is 1560. The Balaban J connectivity index is 1.73. The minimum Gasteiger partial charge on any atom is -0.389 e. The summed E-state index contributed by atoms with van der Waals surface area (Å²) in [6.07, 6.45) is 3.80. The molecule has 4 heterocycles. The van der Waals surface area contributed by atoms with Crippen molar-refractivity contribution in [1.29, 1.82) is 5.26 Å². The zero-order valence-electron chi connectivity index (χ0n) is 19.8. The highest BCUT2D eigenvalue weighted by Gasteiger charge is 2.29. The quantitative estimate of drug-likeness (QED) is 0.430. The van der Waals surface area contributed by atoms with Crippen LogP contribution in [0.4, 0.5) is 13.8 Å². The summed E-state index contributed by atoms with van der Waals surface area (Å²) >= 11 is 0.951. The van der Waals surface area contributed by atoms with Crippen molar-refractivity contribution in [2.45, 2.75) is 46.4 Å². The topological polar surface area (TPSA) is 87.5 Å². The largest absolute Gasteiger partial charge is 0.389 e. The molecule has 0 spiro atoms. The van der Waals surface area contributed by atoms with Crippen LogP contribution >= 0.6 is 11.3 Å². The normalized spacial score (nSPS) is 20.6. The Morgan fingerprint density at radius 1 is 1.37 bits per heavy atom. The van der Waals surface area contributed by atoms with Gasteiger partial charge in [0.1, 0.15) is 22.7 Å². The Morgan fingerprint density at radius 2 is 2.11 bits per heavy atom. The lowest BCUT2D eigenvalue weighted by atomic mass is 9.94. The fourth-order valence-electron chi connectivity index (χ4n) is 5.05. The number of benzene rings is 1. The number of nitrogens with zero attached hydrogens (tertiary/aromatic N) is 4. The first-order valence-electron chi connectivity index (χ1n) is 11.4. The Hall–Kier alpha value is -3.35. The molecule has 5 rings (SSSR count). The van der Waals surface area contributed by atoms with Crippen LogP contribution < -0.4 is 16.2 Å². The molecule has 0 saturated carbocycles. The molecule has 1 saturated heterocycles. The van der Waals surface area contributed by atoms with E-state index in [1.807, 2.05) is 13.0 Å². The molecule has 9 heteroatoms. The summed E-state index contributed by atoms with van der Waals surface area (Å²) in [6, 6.07) is 2.40. The molecular weight excluding hydrogens is 468 g/mol. The van der Waals surface area contributed by atoms with Gasteiger partial charge in [-0.15, -0.1) is 11.3 Å². The molecule has 1 fully saturated rings. The summed E-state index contributed by atoms with van der Waals surface area (Å²) < 4.78 is 36.4. The minimum absolute atomic E-state index is 0.0921. The zero-order valence-corrected chi connectivity index (χ0v) is 20.6. The molecule has 2 atom stereocenters. The van der Waals surface area contributed by atoms with E-state index in [9.17, 15) is 9.65 Å². The van der Waals surface area contributed by atoms with Crippen LogP contribution in [0.5, 0.6) is 0 Å². The SMILES string of the molecule is C=c1c(F)c(-c2ncc(F)c3sc(N)c(C#N)c23)c2c(/c1=C/N=C(C)N1CCC(C)C1C)COC2. The molecule has 6 nitrogen and oxygen atoms in total. The number of aliphatic imine (C=N–C) groups is 1.